The molecule has 1 saturated carbocycles. The highest BCUT2D eigenvalue weighted by Gasteiger charge is 2.23. The summed E-state index contributed by atoms with van der Waals surface area (Å²) in [6, 6.07) is 0.676. The monoisotopic (exact) mass is 312 g/mol. The first-order valence-electron chi connectivity index (χ1n) is 9.08. The van der Waals surface area contributed by atoms with E-state index in [-0.39, 0.29) is 6.09 Å². The SMILES string of the molecule is CCC1CCCCC1NCCCN(CC)C(=O)OC(C)(C)C. The summed E-state index contributed by atoms with van der Waals surface area (Å²) in [4.78, 5) is 13.9. The molecular formula is C18H36N2O2. The molecule has 1 N–H and O–H groups in total. The van der Waals surface area contributed by atoms with Crippen LogP contribution in [0.25, 0.3) is 0 Å². The molecule has 0 aromatic heterocycles. The average molecular weight is 312 g/mol. The van der Waals surface area contributed by atoms with Crippen molar-refractivity contribution in [2.24, 2.45) is 5.92 Å². The third-order valence-electron chi connectivity index (χ3n) is 4.48. The summed E-state index contributed by atoms with van der Waals surface area (Å²) in [5, 5.41) is 3.71. The minimum atomic E-state index is -0.417. The molecular weight excluding hydrogens is 276 g/mol. The molecule has 1 fully saturated rings. The molecule has 1 aliphatic carbocycles. The molecule has 22 heavy (non-hydrogen) atoms. The van der Waals surface area contributed by atoms with Gasteiger partial charge in [-0.25, -0.2) is 4.79 Å². The Hall–Kier alpha value is -0.770. The van der Waals surface area contributed by atoms with Crippen LogP contribution in [0.4, 0.5) is 4.79 Å². The van der Waals surface area contributed by atoms with Gasteiger partial charge in [-0.3, -0.25) is 0 Å². The van der Waals surface area contributed by atoms with Crippen LogP contribution < -0.4 is 5.32 Å². The summed E-state index contributed by atoms with van der Waals surface area (Å²) in [7, 11) is 0. The van der Waals surface area contributed by atoms with E-state index in [4.69, 9.17) is 4.74 Å². The lowest BCUT2D eigenvalue weighted by Crippen LogP contribution is -2.41. The standard InChI is InChI=1S/C18H36N2O2/c1-6-15-11-8-9-12-16(15)19-13-10-14-20(7-2)17(21)22-18(3,4)5/h15-16,19H,6-14H2,1-5H3. The highest BCUT2D eigenvalue weighted by molar-refractivity contribution is 5.68. The van der Waals surface area contributed by atoms with Crippen LogP contribution in [0.2, 0.25) is 0 Å². The first kappa shape index (κ1) is 19.3. The van der Waals surface area contributed by atoms with Crippen molar-refractivity contribution in [1.29, 1.82) is 0 Å². The third-order valence-corrected chi connectivity index (χ3v) is 4.48. The number of carbonyl (C=O) groups is 1. The quantitative estimate of drug-likeness (QED) is 0.717. The van der Waals surface area contributed by atoms with Crippen molar-refractivity contribution in [3.05, 3.63) is 0 Å². The van der Waals surface area contributed by atoms with E-state index in [1.807, 2.05) is 27.7 Å². The Kier molecular flexibility index (Phi) is 8.23. The fraction of sp³-hybridized carbons (Fsp3) is 0.944. The summed E-state index contributed by atoms with van der Waals surface area (Å²) in [6.07, 6.45) is 7.48. The Morgan fingerprint density at radius 2 is 1.91 bits per heavy atom. The maximum absolute atomic E-state index is 12.1. The summed E-state index contributed by atoms with van der Waals surface area (Å²) in [6.45, 7) is 12.5. The van der Waals surface area contributed by atoms with Crippen LogP contribution in [-0.4, -0.2) is 42.3 Å². The van der Waals surface area contributed by atoms with Crippen molar-refractivity contribution in [3.63, 3.8) is 0 Å². The molecule has 2 unspecified atom stereocenters. The Morgan fingerprint density at radius 3 is 2.50 bits per heavy atom. The zero-order valence-electron chi connectivity index (χ0n) is 15.3. The largest absolute Gasteiger partial charge is 0.444 e. The lowest BCUT2D eigenvalue weighted by Gasteiger charge is -2.32. The van der Waals surface area contributed by atoms with Gasteiger partial charge in [0.15, 0.2) is 0 Å². The topological polar surface area (TPSA) is 41.6 Å². The van der Waals surface area contributed by atoms with Crippen molar-refractivity contribution in [2.75, 3.05) is 19.6 Å². The minimum Gasteiger partial charge on any atom is -0.444 e. The van der Waals surface area contributed by atoms with Gasteiger partial charge in [-0.15, -0.1) is 0 Å². The summed E-state index contributed by atoms with van der Waals surface area (Å²) < 4.78 is 5.44. The number of carbonyl (C=O) groups excluding carboxylic acids is 1. The Bertz CT molecular complexity index is 326. The summed E-state index contributed by atoms with van der Waals surface area (Å²) in [5.41, 5.74) is -0.417. The van der Waals surface area contributed by atoms with E-state index in [1.165, 1.54) is 32.1 Å². The molecule has 0 bridgehead atoms. The summed E-state index contributed by atoms with van der Waals surface area (Å²) in [5.74, 6) is 0.835. The van der Waals surface area contributed by atoms with Crippen molar-refractivity contribution in [2.45, 2.75) is 84.8 Å². The van der Waals surface area contributed by atoms with Gasteiger partial charge in [-0.1, -0.05) is 26.2 Å². The maximum Gasteiger partial charge on any atom is 0.410 e. The number of nitrogens with zero attached hydrogens (tertiary/aromatic N) is 1. The van der Waals surface area contributed by atoms with Crippen LogP contribution in [0.15, 0.2) is 0 Å². The molecule has 0 heterocycles. The molecule has 1 aliphatic rings. The number of hydrogen-bond donors (Lipinski definition) is 1. The summed E-state index contributed by atoms with van der Waals surface area (Å²) >= 11 is 0. The molecule has 1 amide bonds. The Morgan fingerprint density at radius 1 is 1.23 bits per heavy atom. The second-order valence-electron chi connectivity index (χ2n) is 7.43. The molecule has 130 valence electrons. The van der Waals surface area contributed by atoms with Crippen molar-refractivity contribution < 1.29 is 9.53 Å². The van der Waals surface area contributed by atoms with Crippen LogP contribution >= 0.6 is 0 Å². The zero-order valence-corrected chi connectivity index (χ0v) is 15.3. The molecule has 0 aromatic rings. The molecule has 0 saturated heterocycles. The normalized spacial score (nSPS) is 22.4. The first-order chi connectivity index (χ1) is 10.4. The zero-order chi connectivity index (χ0) is 16.6. The van der Waals surface area contributed by atoms with Crippen LogP contribution in [0.5, 0.6) is 0 Å². The molecule has 0 spiro atoms. The molecule has 0 aliphatic heterocycles. The molecule has 0 radical (unpaired) electrons. The predicted octanol–water partition coefficient (Wildman–Crippen LogP) is 4.19. The fourth-order valence-electron chi connectivity index (χ4n) is 3.23. The van der Waals surface area contributed by atoms with Gasteiger partial charge in [-0.2, -0.15) is 0 Å². The van der Waals surface area contributed by atoms with Crippen LogP contribution in [0.3, 0.4) is 0 Å². The minimum absolute atomic E-state index is 0.195. The number of hydrogen-bond acceptors (Lipinski definition) is 3. The smallest absolute Gasteiger partial charge is 0.410 e. The average Bonchev–Trinajstić information content (AvgIpc) is 2.45. The molecule has 2 atom stereocenters. The maximum atomic E-state index is 12.1. The molecule has 4 heteroatoms. The van der Waals surface area contributed by atoms with E-state index < -0.39 is 5.60 Å². The Balaban J connectivity index is 2.27. The van der Waals surface area contributed by atoms with Crippen LogP contribution in [-0.2, 0) is 4.74 Å². The van der Waals surface area contributed by atoms with Crippen molar-refractivity contribution in [3.8, 4) is 0 Å². The lowest BCUT2D eigenvalue weighted by atomic mass is 9.83. The number of ether oxygens (including phenoxy) is 1. The van der Waals surface area contributed by atoms with Gasteiger partial charge >= 0.3 is 6.09 Å². The number of amides is 1. The fourth-order valence-corrected chi connectivity index (χ4v) is 3.23. The number of rotatable bonds is 7. The molecule has 4 nitrogen and oxygen atoms in total. The van der Waals surface area contributed by atoms with Gasteiger partial charge in [-0.05, 0) is 59.4 Å². The third kappa shape index (κ3) is 6.99. The van der Waals surface area contributed by atoms with E-state index in [2.05, 4.69) is 12.2 Å². The van der Waals surface area contributed by atoms with E-state index in [0.29, 0.717) is 12.6 Å². The van der Waals surface area contributed by atoms with Gasteiger partial charge in [0.2, 0.25) is 0 Å². The van der Waals surface area contributed by atoms with Gasteiger partial charge in [0.25, 0.3) is 0 Å². The lowest BCUT2D eigenvalue weighted by molar-refractivity contribution is 0.0258. The highest BCUT2D eigenvalue weighted by atomic mass is 16.6. The van der Waals surface area contributed by atoms with Gasteiger partial charge in [0.1, 0.15) is 5.60 Å². The van der Waals surface area contributed by atoms with E-state index in [1.54, 1.807) is 4.90 Å². The van der Waals surface area contributed by atoms with Crippen molar-refractivity contribution >= 4 is 6.09 Å². The predicted molar refractivity (Wildman–Crippen MR) is 92.1 cm³/mol. The second kappa shape index (κ2) is 9.39. The molecule has 1 rings (SSSR count). The van der Waals surface area contributed by atoms with Crippen molar-refractivity contribution in [1.82, 2.24) is 10.2 Å². The van der Waals surface area contributed by atoms with Crippen LogP contribution in [0.1, 0.15) is 73.1 Å². The first-order valence-corrected chi connectivity index (χ1v) is 9.08. The van der Waals surface area contributed by atoms with Gasteiger partial charge < -0.3 is 15.0 Å². The Labute approximate surface area is 137 Å². The van der Waals surface area contributed by atoms with E-state index >= 15 is 0 Å². The van der Waals surface area contributed by atoms with Gasteiger partial charge in [0, 0.05) is 19.1 Å². The van der Waals surface area contributed by atoms with E-state index in [0.717, 1.165) is 25.4 Å². The van der Waals surface area contributed by atoms with E-state index in [9.17, 15) is 4.79 Å². The second-order valence-corrected chi connectivity index (χ2v) is 7.43. The highest BCUT2D eigenvalue weighted by Crippen LogP contribution is 2.26. The van der Waals surface area contributed by atoms with Crippen LogP contribution in [0, 0.1) is 5.92 Å². The molecule has 0 aromatic carbocycles. The van der Waals surface area contributed by atoms with Gasteiger partial charge in [0.05, 0.1) is 0 Å². The number of nitrogens with one attached hydrogen (secondary N) is 1.